The third kappa shape index (κ3) is 3.39. The molecule has 1 amide bonds. The number of nitrogens with one attached hydrogen (secondary N) is 2. The van der Waals surface area contributed by atoms with Crippen LogP contribution in [0.2, 0.25) is 0 Å². The second kappa shape index (κ2) is 7.06. The molecule has 0 aliphatic heterocycles. The van der Waals surface area contributed by atoms with E-state index in [9.17, 15) is 19.1 Å². The van der Waals surface area contributed by atoms with Crippen LogP contribution in [0.15, 0.2) is 48.5 Å². The molecule has 0 unspecified atom stereocenters. The van der Waals surface area contributed by atoms with Gasteiger partial charge in [0.05, 0.1) is 7.11 Å². The number of carbonyl (C=O) groups excluding carboxylic acids is 1. The summed E-state index contributed by atoms with van der Waals surface area (Å²) in [5.41, 5.74) is 0.652. The topological polar surface area (TPSA) is 104 Å². The SMILES string of the molecule is COc1cccc(C(=O)Nc2c(-c3ccc(F)cc3)n[nH]c2C(=O)O)c1. The first kappa shape index (κ1) is 17.2. The highest BCUT2D eigenvalue weighted by molar-refractivity contribution is 6.09. The van der Waals surface area contributed by atoms with Crippen molar-refractivity contribution in [1.29, 1.82) is 0 Å². The number of ether oxygens (including phenoxy) is 1. The van der Waals surface area contributed by atoms with Gasteiger partial charge in [-0.2, -0.15) is 5.10 Å². The molecule has 132 valence electrons. The Kier molecular flexibility index (Phi) is 4.66. The number of methoxy groups -OCH3 is 1. The van der Waals surface area contributed by atoms with E-state index >= 15 is 0 Å². The van der Waals surface area contributed by atoms with Crippen LogP contribution in [0.4, 0.5) is 10.1 Å². The predicted octanol–water partition coefficient (Wildman–Crippen LogP) is 3.17. The van der Waals surface area contributed by atoms with Crippen molar-refractivity contribution in [3.63, 3.8) is 0 Å². The zero-order valence-electron chi connectivity index (χ0n) is 13.6. The van der Waals surface area contributed by atoms with Crippen LogP contribution in [0.3, 0.4) is 0 Å². The Hall–Kier alpha value is -3.68. The van der Waals surface area contributed by atoms with E-state index < -0.39 is 17.7 Å². The molecule has 3 N–H and O–H groups in total. The second-order valence-electron chi connectivity index (χ2n) is 5.32. The van der Waals surface area contributed by atoms with Crippen molar-refractivity contribution >= 4 is 17.6 Å². The molecule has 1 heterocycles. The molecule has 0 aliphatic rings. The number of carbonyl (C=O) groups is 2. The molecule has 1 aromatic heterocycles. The minimum Gasteiger partial charge on any atom is -0.497 e. The Bertz CT molecular complexity index is 967. The summed E-state index contributed by atoms with van der Waals surface area (Å²) in [4.78, 5) is 24.0. The van der Waals surface area contributed by atoms with Gasteiger partial charge in [0.1, 0.15) is 22.9 Å². The average molecular weight is 355 g/mol. The van der Waals surface area contributed by atoms with Crippen LogP contribution in [0, 0.1) is 5.82 Å². The fourth-order valence-electron chi connectivity index (χ4n) is 2.39. The van der Waals surface area contributed by atoms with Crippen molar-refractivity contribution in [3.8, 4) is 17.0 Å². The molecular weight excluding hydrogens is 341 g/mol. The molecule has 0 aliphatic carbocycles. The summed E-state index contributed by atoms with van der Waals surface area (Å²) >= 11 is 0. The van der Waals surface area contributed by atoms with Crippen molar-refractivity contribution in [2.24, 2.45) is 0 Å². The van der Waals surface area contributed by atoms with Gasteiger partial charge in [0.2, 0.25) is 0 Å². The van der Waals surface area contributed by atoms with Crippen LogP contribution in [0.5, 0.6) is 5.75 Å². The van der Waals surface area contributed by atoms with Gasteiger partial charge >= 0.3 is 5.97 Å². The molecule has 26 heavy (non-hydrogen) atoms. The molecule has 2 aromatic carbocycles. The highest BCUT2D eigenvalue weighted by Crippen LogP contribution is 2.29. The lowest BCUT2D eigenvalue weighted by Crippen LogP contribution is -2.14. The van der Waals surface area contributed by atoms with Crippen molar-refractivity contribution in [2.75, 3.05) is 12.4 Å². The average Bonchev–Trinajstić information content (AvgIpc) is 3.06. The molecule has 0 fully saturated rings. The number of aromatic amines is 1. The molecule has 3 rings (SSSR count). The van der Waals surface area contributed by atoms with Gasteiger partial charge in [-0.15, -0.1) is 0 Å². The minimum atomic E-state index is -1.29. The first-order chi connectivity index (χ1) is 12.5. The number of halogens is 1. The Morgan fingerprint density at radius 3 is 2.58 bits per heavy atom. The molecule has 0 saturated heterocycles. The summed E-state index contributed by atoms with van der Waals surface area (Å²) in [6.07, 6.45) is 0. The monoisotopic (exact) mass is 355 g/mol. The van der Waals surface area contributed by atoms with Crippen LogP contribution in [-0.4, -0.2) is 34.3 Å². The van der Waals surface area contributed by atoms with Gasteiger partial charge in [0.25, 0.3) is 5.91 Å². The number of amides is 1. The van der Waals surface area contributed by atoms with E-state index in [2.05, 4.69) is 15.5 Å². The lowest BCUT2D eigenvalue weighted by Gasteiger charge is -2.08. The number of aromatic nitrogens is 2. The summed E-state index contributed by atoms with van der Waals surface area (Å²) in [7, 11) is 1.47. The maximum atomic E-state index is 13.1. The third-order valence-electron chi connectivity index (χ3n) is 3.67. The first-order valence-electron chi connectivity index (χ1n) is 7.52. The van der Waals surface area contributed by atoms with Crippen LogP contribution < -0.4 is 10.1 Å². The van der Waals surface area contributed by atoms with Gasteiger partial charge in [-0.1, -0.05) is 6.07 Å². The lowest BCUT2D eigenvalue weighted by molar-refractivity contribution is 0.0691. The van der Waals surface area contributed by atoms with Gasteiger partial charge in [0.15, 0.2) is 5.69 Å². The van der Waals surface area contributed by atoms with Gasteiger partial charge in [-0.05, 0) is 42.5 Å². The number of H-pyrrole nitrogens is 1. The summed E-state index contributed by atoms with van der Waals surface area (Å²) in [5, 5.41) is 18.2. The standard InChI is InChI=1S/C18H14FN3O4/c1-26-13-4-2-3-11(9-13)17(23)20-15-14(21-22-16(15)18(24)25)10-5-7-12(19)8-6-10/h2-9H,1H3,(H,20,23)(H,21,22)(H,24,25). The van der Waals surface area contributed by atoms with Gasteiger partial charge in [0, 0.05) is 11.1 Å². The summed E-state index contributed by atoms with van der Waals surface area (Å²) < 4.78 is 18.2. The van der Waals surface area contributed by atoms with Crippen molar-refractivity contribution in [3.05, 3.63) is 65.6 Å². The molecule has 0 atom stereocenters. The largest absolute Gasteiger partial charge is 0.497 e. The van der Waals surface area contributed by atoms with Crippen molar-refractivity contribution < 1.29 is 23.8 Å². The molecule has 8 heteroatoms. The minimum absolute atomic E-state index is 0.00284. The predicted molar refractivity (Wildman–Crippen MR) is 91.9 cm³/mol. The van der Waals surface area contributed by atoms with Crippen LogP contribution >= 0.6 is 0 Å². The second-order valence-corrected chi connectivity index (χ2v) is 5.32. The van der Waals surface area contributed by atoms with Gasteiger partial charge < -0.3 is 15.2 Å². The van der Waals surface area contributed by atoms with Gasteiger partial charge in [-0.25, -0.2) is 9.18 Å². The molecule has 3 aromatic rings. The number of carboxylic acids is 1. The van der Waals surface area contributed by atoms with E-state index in [4.69, 9.17) is 4.74 Å². The van der Waals surface area contributed by atoms with Gasteiger partial charge in [-0.3, -0.25) is 9.89 Å². The first-order valence-corrected chi connectivity index (χ1v) is 7.52. The molecular formula is C18H14FN3O4. The summed E-state index contributed by atoms with van der Waals surface area (Å²) in [5.74, 6) is -1.77. The number of anilines is 1. The summed E-state index contributed by atoms with van der Waals surface area (Å²) in [6, 6.07) is 11.7. The number of hydrogen-bond acceptors (Lipinski definition) is 4. The zero-order valence-corrected chi connectivity index (χ0v) is 13.6. The number of nitrogens with zero attached hydrogens (tertiary/aromatic N) is 1. The fourth-order valence-corrected chi connectivity index (χ4v) is 2.39. The number of hydrogen-bond donors (Lipinski definition) is 3. The molecule has 0 bridgehead atoms. The highest BCUT2D eigenvalue weighted by Gasteiger charge is 2.22. The molecule has 0 saturated carbocycles. The number of rotatable bonds is 5. The molecule has 0 spiro atoms. The van der Waals surface area contributed by atoms with E-state index in [0.717, 1.165) is 0 Å². The molecule has 0 radical (unpaired) electrons. The normalized spacial score (nSPS) is 10.4. The Morgan fingerprint density at radius 1 is 1.19 bits per heavy atom. The smallest absolute Gasteiger partial charge is 0.356 e. The van der Waals surface area contributed by atoms with Crippen LogP contribution in [-0.2, 0) is 0 Å². The quantitative estimate of drug-likeness (QED) is 0.652. The summed E-state index contributed by atoms with van der Waals surface area (Å²) in [6.45, 7) is 0. The Morgan fingerprint density at radius 2 is 1.92 bits per heavy atom. The zero-order chi connectivity index (χ0) is 18.7. The van der Waals surface area contributed by atoms with E-state index in [1.807, 2.05) is 0 Å². The van der Waals surface area contributed by atoms with Crippen LogP contribution in [0.25, 0.3) is 11.3 Å². The van der Waals surface area contributed by atoms with Crippen LogP contribution in [0.1, 0.15) is 20.8 Å². The maximum absolute atomic E-state index is 13.1. The number of carboxylic acid groups (broad SMARTS) is 1. The Labute approximate surface area is 147 Å². The van der Waals surface area contributed by atoms with Crippen molar-refractivity contribution in [2.45, 2.75) is 0 Å². The fraction of sp³-hybridized carbons (Fsp3) is 0.0556. The maximum Gasteiger partial charge on any atom is 0.356 e. The number of benzene rings is 2. The number of aromatic carboxylic acids is 1. The van der Waals surface area contributed by atoms with E-state index in [0.29, 0.717) is 11.3 Å². The Balaban J connectivity index is 1.99. The lowest BCUT2D eigenvalue weighted by atomic mass is 10.1. The van der Waals surface area contributed by atoms with Crippen molar-refractivity contribution in [1.82, 2.24) is 10.2 Å². The van der Waals surface area contributed by atoms with E-state index in [-0.39, 0.29) is 22.6 Å². The van der Waals surface area contributed by atoms with E-state index in [1.165, 1.54) is 37.4 Å². The highest BCUT2D eigenvalue weighted by atomic mass is 19.1. The van der Waals surface area contributed by atoms with E-state index in [1.54, 1.807) is 18.2 Å². The molecule has 7 nitrogen and oxygen atoms in total. The third-order valence-corrected chi connectivity index (χ3v) is 3.67.